The van der Waals surface area contributed by atoms with E-state index < -0.39 is 0 Å². The van der Waals surface area contributed by atoms with Crippen molar-refractivity contribution >= 4 is 17.3 Å². The summed E-state index contributed by atoms with van der Waals surface area (Å²) in [6.45, 7) is 1.48. The van der Waals surface area contributed by atoms with Gasteiger partial charge in [0.25, 0.3) is 0 Å². The van der Waals surface area contributed by atoms with Gasteiger partial charge in [0.15, 0.2) is 0 Å². The van der Waals surface area contributed by atoms with Gasteiger partial charge in [0, 0.05) is 24.7 Å². The van der Waals surface area contributed by atoms with Crippen LogP contribution in [0.15, 0.2) is 42.5 Å². The lowest BCUT2D eigenvalue weighted by atomic mass is 9.83. The Hall–Kier alpha value is -2.84. The molecule has 1 saturated heterocycles. The fraction of sp³-hybridized carbons (Fsp3) is 0.391. The van der Waals surface area contributed by atoms with Crippen LogP contribution in [0.5, 0.6) is 0 Å². The number of nitriles is 1. The van der Waals surface area contributed by atoms with Gasteiger partial charge in [-0.15, -0.1) is 0 Å². The lowest BCUT2D eigenvalue weighted by molar-refractivity contribution is -0.120. The molecule has 0 aromatic heterocycles. The molecule has 5 nitrogen and oxygen atoms in total. The molecular weight excluding hydrogens is 350 g/mol. The molecule has 1 aliphatic carbocycles. The highest BCUT2D eigenvalue weighted by atomic mass is 16.3. The molecule has 144 valence electrons. The molecule has 5 heteroatoms. The molecule has 1 amide bonds. The first-order chi connectivity index (χ1) is 13.6. The second-order valence-corrected chi connectivity index (χ2v) is 7.76. The molecule has 2 N–H and O–H groups in total. The van der Waals surface area contributed by atoms with Crippen molar-refractivity contribution in [3.8, 4) is 6.07 Å². The zero-order valence-electron chi connectivity index (χ0n) is 15.9. The zero-order valence-corrected chi connectivity index (χ0v) is 15.9. The number of piperidine rings is 1. The predicted octanol–water partition coefficient (Wildman–Crippen LogP) is 3.26. The van der Waals surface area contributed by atoms with Crippen LogP contribution in [0, 0.1) is 17.2 Å². The molecule has 1 atom stereocenters. The summed E-state index contributed by atoms with van der Waals surface area (Å²) >= 11 is 0. The van der Waals surface area contributed by atoms with Gasteiger partial charge in [-0.2, -0.15) is 5.26 Å². The summed E-state index contributed by atoms with van der Waals surface area (Å²) in [5, 5.41) is 22.3. The van der Waals surface area contributed by atoms with Crippen LogP contribution >= 0.6 is 0 Å². The minimum absolute atomic E-state index is 0.0206. The lowest BCUT2D eigenvalue weighted by Gasteiger charge is -2.32. The SMILES string of the molecule is N#Cc1cc(NC(=O)C2CCc3ccccc3C2)ccc1N1CCC(O)CC1. The highest BCUT2D eigenvalue weighted by Crippen LogP contribution is 2.29. The van der Waals surface area contributed by atoms with Crippen LogP contribution in [0.3, 0.4) is 0 Å². The van der Waals surface area contributed by atoms with Gasteiger partial charge < -0.3 is 15.3 Å². The topological polar surface area (TPSA) is 76.4 Å². The van der Waals surface area contributed by atoms with Crippen molar-refractivity contribution in [1.82, 2.24) is 0 Å². The molecular formula is C23H25N3O2. The molecule has 0 saturated carbocycles. The maximum Gasteiger partial charge on any atom is 0.227 e. The van der Waals surface area contributed by atoms with Crippen LogP contribution in [0.1, 0.15) is 36.0 Å². The maximum atomic E-state index is 12.8. The number of anilines is 2. The highest BCUT2D eigenvalue weighted by Gasteiger charge is 2.25. The van der Waals surface area contributed by atoms with E-state index in [2.05, 4.69) is 28.4 Å². The second-order valence-electron chi connectivity index (χ2n) is 7.76. The lowest BCUT2D eigenvalue weighted by Crippen LogP contribution is -2.36. The van der Waals surface area contributed by atoms with E-state index in [1.165, 1.54) is 11.1 Å². The number of benzene rings is 2. The zero-order chi connectivity index (χ0) is 19.5. The number of nitrogens with one attached hydrogen (secondary N) is 1. The Morgan fingerprint density at radius 2 is 1.86 bits per heavy atom. The van der Waals surface area contributed by atoms with Crippen LogP contribution in [-0.2, 0) is 17.6 Å². The Kier molecular flexibility index (Phi) is 5.31. The first-order valence-corrected chi connectivity index (χ1v) is 9.99. The fourth-order valence-corrected chi connectivity index (χ4v) is 4.25. The van der Waals surface area contributed by atoms with Crippen LogP contribution in [0.4, 0.5) is 11.4 Å². The number of hydrogen-bond donors (Lipinski definition) is 2. The Labute approximate surface area is 165 Å². The number of hydrogen-bond acceptors (Lipinski definition) is 4. The average molecular weight is 375 g/mol. The van der Waals surface area contributed by atoms with Gasteiger partial charge in [-0.25, -0.2) is 0 Å². The quantitative estimate of drug-likeness (QED) is 0.863. The third kappa shape index (κ3) is 3.88. The van der Waals surface area contributed by atoms with E-state index in [0.717, 1.165) is 38.0 Å². The van der Waals surface area contributed by atoms with E-state index in [1.54, 1.807) is 6.07 Å². The summed E-state index contributed by atoms with van der Waals surface area (Å²) in [6, 6.07) is 16.1. The number of aryl methyl sites for hydroxylation is 1. The number of rotatable bonds is 3. The van der Waals surface area contributed by atoms with Crippen molar-refractivity contribution in [2.45, 2.75) is 38.2 Å². The monoisotopic (exact) mass is 375 g/mol. The van der Waals surface area contributed by atoms with Crippen molar-refractivity contribution in [2.24, 2.45) is 5.92 Å². The van der Waals surface area contributed by atoms with E-state index >= 15 is 0 Å². The Bertz CT molecular complexity index is 910. The number of amides is 1. The molecule has 1 fully saturated rings. The van der Waals surface area contributed by atoms with Gasteiger partial charge in [-0.3, -0.25) is 4.79 Å². The van der Waals surface area contributed by atoms with Crippen molar-refractivity contribution in [3.05, 3.63) is 59.2 Å². The average Bonchev–Trinajstić information content (AvgIpc) is 2.74. The van der Waals surface area contributed by atoms with Gasteiger partial charge in [0.2, 0.25) is 5.91 Å². The number of fused-ring (bicyclic) bond motifs is 1. The maximum absolute atomic E-state index is 12.8. The van der Waals surface area contributed by atoms with Gasteiger partial charge in [0.05, 0.1) is 17.4 Å². The van der Waals surface area contributed by atoms with Crippen LogP contribution in [-0.4, -0.2) is 30.2 Å². The molecule has 2 aromatic carbocycles. The predicted molar refractivity (Wildman–Crippen MR) is 109 cm³/mol. The molecule has 28 heavy (non-hydrogen) atoms. The minimum atomic E-state index is -0.249. The van der Waals surface area contributed by atoms with Crippen molar-refractivity contribution in [2.75, 3.05) is 23.3 Å². The molecule has 2 aromatic rings. The Morgan fingerprint density at radius 3 is 2.61 bits per heavy atom. The summed E-state index contributed by atoms with van der Waals surface area (Å²) in [6.07, 6.45) is 3.72. The summed E-state index contributed by atoms with van der Waals surface area (Å²) in [5.74, 6) is -0.0177. The van der Waals surface area contributed by atoms with Gasteiger partial charge in [-0.1, -0.05) is 24.3 Å². The largest absolute Gasteiger partial charge is 0.393 e. The fourth-order valence-electron chi connectivity index (χ4n) is 4.25. The van der Waals surface area contributed by atoms with Crippen LogP contribution in [0.25, 0.3) is 0 Å². The highest BCUT2D eigenvalue weighted by molar-refractivity contribution is 5.93. The van der Waals surface area contributed by atoms with Crippen molar-refractivity contribution < 1.29 is 9.90 Å². The molecule has 2 aliphatic rings. The van der Waals surface area contributed by atoms with E-state index in [9.17, 15) is 15.2 Å². The number of nitrogens with zero attached hydrogens (tertiary/aromatic N) is 2. The van der Waals surface area contributed by atoms with Crippen LogP contribution < -0.4 is 10.2 Å². The first kappa shape index (κ1) is 18.5. The van der Waals surface area contributed by atoms with Crippen molar-refractivity contribution in [1.29, 1.82) is 5.26 Å². The molecule has 0 spiro atoms. The molecule has 1 aliphatic heterocycles. The minimum Gasteiger partial charge on any atom is -0.393 e. The summed E-state index contributed by atoms with van der Waals surface area (Å²) in [4.78, 5) is 14.9. The molecule has 0 bridgehead atoms. The third-order valence-electron chi connectivity index (χ3n) is 5.91. The van der Waals surface area contributed by atoms with E-state index in [0.29, 0.717) is 24.1 Å². The summed E-state index contributed by atoms with van der Waals surface area (Å²) in [5.41, 5.74) is 4.70. The normalized spacial score (nSPS) is 19.6. The Morgan fingerprint density at radius 1 is 1.11 bits per heavy atom. The van der Waals surface area contributed by atoms with Crippen LogP contribution in [0.2, 0.25) is 0 Å². The molecule has 4 rings (SSSR count). The summed E-state index contributed by atoms with van der Waals surface area (Å²) in [7, 11) is 0. The summed E-state index contributed by atoms with van der Waals surface area (Å²) < 4.78 is 0. The van der Waals surface area contributed by atoms with Crippen molar-refractivity contribution in [3.63, 3.8) is 0 Å². The van der Waals surface area contributed by atoms with E-state index in [4.69, 9.17) is 0 Å². The number of carbonyl (C=O) groups excluding carboxylic acids is 1. The number of aliphatic hydroxyl groups is 1. The first-order valence-electron chi connectivity index (χ1n) is 9.99. The standard InChI is InChI=1S/C23H25N3O2/c24-15-19-14-20(7-8-22(19)26-11-9-21(27)10-12-26)25-23(28)18-6-5-16-3-1-2-4-17(16)13-18/h1-4,7-8,14,18,21,27H,5-6,9-13H2,(H,25,28). The van der Waals surface area contributed by atoms with E-state index in [-0.39, 0.29) is 17.9 Å². The van der Waals surface area contributed by atoms with Gasteiger partial charge >= 0.3 is 0 Å². The van der Waals surface area contributed by atoms with E-state index in [1.807, 2.05) is 24.3 Å². The van der Waals surface area contributed by atoms with Gasteiger partial charge in [-0.05, 0) is 61.4 Å². The third-order valence-corrected chi connectivity index (χ3v) is 5.91. The number of carbonyl (C=O) groups is 1. The Balaban J connectivity index is 1.45. The second kappa shape index (κ2) is 8.04. The molecule has 1 heterocycles. The smallest absolute Gasteiger partial charge is 0.227 e. The molecule has 1 unspecified atom stereocenters. The van der Waals surface area contributed by atoms with Gasteiger partial charge in [0.1, 0.15) is 6.07 Å². The molecule has 0 radical (unpaired) electrons. The number of aliphatic hydroxyl groups excluding tert-OH is 1.